The number of nitrogens with one attached hydrogen (secondary N) is 1. The zero-order chi connectivity index (χ0) is 17.9. The Kier molecular flexibility index (Phi) is 4.60. The van der Waals surface area contributed by atoms with Gasteiger partial charge in [0.25, 0.3) is 5.91 Å². The standard InChI is InChI=1S/C20H15N3OS2/c1-13-21-17(11-25-13)15-8-5-9-16(10-15)22-19(24)18-12-26-20(23-18)14-6-3-2-4-7-14/h2-12H,1H3,(H,22,24). The van der Waals surface area contributed by atoms with Crippen molar-refractivity contribution < 1.29 is 4.79 Å². The molecule has 0 aliphatic carbocycles. The monoisotopic (exact) mass is 377 g/mol. The highest BCUT2D eigenvalue weighted by atomic mass is 32.1. The van der Waals surface area contributed by atoms with Crippen LogP contribution in [0.3, 0.4) is 0 Å². The number of aromatic nitrogens is 2. The minimum atomic E-state index is -0.213. The number of hydrogen-bond acceptors (Lipinski definition) is 5. The summed E-state index contributed by atoms with van der Waals surface area (Å²) < 4.78 is 0. The summed E-state index contributed by atoms with van der Waals surface area (Å²) in [6.45, 7) is 1.98. The van der Waals surface area contributed by atoms with Crippen LogP contribution in [0.4, 0.5) is 5.69 Å². The lowest BCUT2D eigenvalue weighted by Gasteiger charge is -2.05. The van der Waals surface area contributed by atoms with E-state index in [9.17, 15) is 4.79 Å². The van der Waals surface area contributed by atoms with Crippen LogP contribution in [-0.2, 0) is 0 Å². The van der Waals surface area contributed by atoms with Gasteiger partial charge in [-0.1, -0.05) is 42.5 Å². The van der Waals surface area contributed by atoms with Crippen molar-refractivity contribution in [3.05, 3.63) is 76.1 Å². The lowest BCUT2D eigenvalue weighted by Crippen LogP contribution is -2.12. The van der Waals surface area contributed by atoms with Crippen molar-refractivity contribution in [3.8, 4) is 21.8 Å². The van der Waals surface area contributed by atoms with Gasteiger partial charge in [0.1, 0.15) is 10.7 Å². The van der Waals surface area contributed by atoms with Crippen LogP contribution in [0.1, 0.15) is 15.5 Å². The summed E-state index contributed by atoms with van der Waals surface area (Å²) in [5, 5.41) is 8.58. The molecule has 0 aliphatic rings. The van der Waals surface area contributed by atoms with Gasteiger partial charge >= 0.3 is 0 Å². The van der Waals surface area contributed by atoms with Crippen LogP contribution < -0.4 is 5.32 Å². The molecule has 0 radical (unpaired) electrons. The first-order chi connectivity index (χ1) is 12.7. The van der Waals surface area contributed by atoms with Crippen LogP contribution in [0, 0.1) is 6.92 Å². The number of rotatable bonds is 4. The quantitative estimate of drug-likeness (QED) is 0.511. The summed E-state index contributed by atoms with van der Waals surface area (Å²) in [5.41, 5.74) is 4.06. The van der Waals surface area contributed by atoms with Crippen LogP contribution in [0.15, 0.2) is 65.4 Å². The highest BCUT2D eigenvalue weighted by Gasteiger charge is 2.12. The fraction of sp³-hybridized carbons (Fsp3) is 0.0500. The van der Waals surface area contributed by atoms with Gasteiger partial charge in [-0.05, 0) is 19.1 Å². The lowest BCUT2D eigenvalue weighted by atomic mass is 10.1. The highest BCUT2D eigenvalue weighted by molar-refractivity contribution is 7.13. The smallest absolute Gasteiger partial charge is 0.275 e. The summed E-state index contributed by atoms with van der Waals surface area (Å²) in [4.78, 5) is 21.5. The molecule has 0 saturated carbocycles. The fourth-order valence-corrected chi connectivity index (χ4v) is 3.97. The topological polar surface area (TPSA) is 54.9 Å². The first-order valence-corrected chi connectivity index (χ1v) is 9.80. The summed E-state index contributed by atoms with van der Waals surface area (Å²) >= 11 is 3.07. The van der Waals surface area contributed by atoms with E-state index >= 15 is 0 Å². The van der Waals surface area contributed by atoms with Crippen LogP contribution in [0.25, 0.3) is 21.8 Å². The number of amides is 1. The molecule has 0 fully saturated rings. The van der Waals surface area contributed by atoms with Gasteiger partial charge in [0.2, 0.25) is 0 Å². The predicted octanol–water partition coefficient (Wildman–Crippen LogP) is 5.49. The van der Waals surface area contributed by atoms with E-state index in [0.29, 0.717) is 5.69 Å². The van der Waals surface area contributed by atoms with E-state index in [0.717, 1.165) is 32.5 Å². The molecule has 4 aromatic rings. The van der Waals surface area contributed by atoms with E-state index in [1.165, 1.54) is 11.3 Å². The van der Waals surface area contributed by atoms with Crippen molar-refractivity contribution in [2.45, 2.75) is 6.92 Å². The summed E-state index contributed by atoms with van der Waals surface area (Å²) in [5.74, 6) is -0.213. The third-order valence-corrected chi connectivity index (χ3v) is 5.46. The van der Waals surface area contributed by atoms with Crippen molar-refractivity contribution in [2.75, 3.05) is 5.32 Å². The number of thiazole rings is 2. The SMILES string of the molecule is Cc1nc(-c2cccc(NC(=O)c3csc(-c4ccccc4)n3)c2)cs1. The highest BCUT2D eigenvalue weighted by Crippen LogP contribution is 2.26. The van der Waals surface area contributed by atoms with E-state index in [1.807, 2.05) is 66.9 Å². The molecule has 6 heteroatoms. The van der Waals surface area contributed by atoms with Crippen molar-refractivity contribution in [2.24, 2.45) is 0 Å². The second-order valence-electron chi connectivity index (χ2n) is 5.69. The van der Waals surface area contributed by atoms with Crippen molar-refractivity contribution in [1.82, 2.24) is 9.97 Å². The van der Waals surface area contributed by atoms with Gasteiger partial charge in [-0.15, -0.1) is 22.7 Å². The third kappa shape index (κ3) is 3.56. The zero-order valence-electron chi connectivity index (χ0n) is 14.0. The van der Waals surface area contributed by atoms with E-state index in [1.54, 1.807) is 16.7 Å². The summed E-state index contributed by atoms with van der Waals surface area (Å²) in [6, 6.07) is 17.5. The van der Waals surface area contributed by atoms with Gasteiger partial charge in [-0.25, -0.2) is 9.97 Å². The fourth-order valence-electron chi connectivity index (χ4n) is 2.54. The molecule has 4 nitrogen and oxygen atoms in total. The summed E-state index contributed by atoms with van der Waals surface area (Å²) in [6.07, 6.45) is 0. The van der Waals surface area contributed by atoms with Crippen molar-refractivity contribution in [3.63, 3.8) is 0 Å². The molecule has 0 bridgehead atoms. The average Bonchev–Trinajstić information content (AvgIpc) is 3.32. The first-order valence-electron chi connectivity index (χ1n) is 8.04. The Morgan fingerprint density at radius 1 is 0.923 bits per heavy atom. The molecule has 0 aliphatic heterocycles. The number of carbonyl (C=O) groups is 1. The minimum absolute atomic E-state index is 0.213. The van der Waals surface area contributed by atoms with Crippen LogP contribution in [0.5, 0.6) is 0 Å². The predicted molar refractivity (Wildman–Crippen MR) is 108 cm³/mol. The second-order valence-corrected chi connectivity index (χ2v) is 7.61. The molecule has 128 valence electrons. The molecule has 2 aromatic heterocycles. The van der Waals surface area contributed by atoms with E-state index in [4.69, 9.17) is 0 Å². The molecule has 0 unspecified atom stereocenters. The minimum Gasteiger partial charge on any atom is -0.321 e. The first kappa shape index (κ1) is 16.6. The Hall–Kier alpha value is -2.83. The molecule has 4 rings (SSSR count). The molecule has 2 heterocycles. The maximum atomic E-state index is 12.5. The molecular formula is C20H15N3OS2. The second kappa shape index (κ2) is 7.19. The molecule has 0 spiro atoms. The van der Waals surface area contributed by atoms with Gasteiger partial charge in [-0.2, -0.15) is 0 Å². The molecular weight excluding hydrogens is 362 g/mol. The maximum Gasteiger partial charge on any atom is 0.275 e. The molecule has 0 atom stereocenters. The molecule has 0 saturated heterocycles. The van der Waals surface area contributed by atoms with Crippen LogP contribution in [-0.4, -0.2) is 15.9 Å². The van der Waals surface area contributed by atoms with E-state index in [2.05, 4.69) is 15.3 Å². The van der Waals surface area contributed by atoms with Gasteiger partial charge < -0.3 is 5.32 Å². The maximum absolute atomic E-state index is 12.5. The van der Waals surface area contributed by atoms with E-state index < -0.39 is 0 Å². The van der Waals surface area contributed by atoms with Gasteiger partial charge in [0.05, 0.1) is 10.7 Å². The number of benzene rings is 2. The zero-order valence-corrected chi connectivity index (χ0v) is 15.6. The lowest BCUT2D eigenvalue weighted by molar-refractivity contribution is 0.102. The summed E-state index contributed by atoms with van der Waals surface area (Å²) in [7, 11) is 0. The Morgan fingerprint density at radius 3 is 2.50 bits per heavy atom. The number of hydrogen-bond donors (Lipinski definition) is 1. The van der Waals surface area contributed by atoms with Crippen LogP contribution in [0.2, 0.25) is 0 Å². The Balaban J connectivity index is 1.53. The Bertz CT molecular complexity index is 1050. The molecule has 2 aromatic carbocycles. The number of carbonyl (C=O) groups excluding carboxylic acids is 1. The van der Waals surface area contributed by atoms with Crippen molar-refractivity contribution in [1.29, 1.82) is 0 Å². The van der Waals surface area contributed by atoms with E-state index in [-0.39, 0.29) is 5.91 Å². The molecule has 26 heavy (non-hydrogen) atoms. The normalized spacial score (nSPS) is 10.7. The Labute approximate surface area is 159 Å². The Morgan fingerprint density at radius 2 is 1.73 bits per heavy atom. The van der Waals surface area contributed by atoms with Crippen LogP contribution >= 0.6 is 22.7 Å². The molecule has 1 amide bonds. The third-order valence-electron chi connectivity index (χ3n) is 3.79. The largest absolute Gasteiger partial charge is 0.321 e. The van der Waals surface area contributed by atoms with Gasteiger partial charge in [-0.3, -0.25) is 4.79 Å². The van der Waals surface area contributed by atoms with Crippen molar-refractivity contribution >= 4 is 34.3 Å². The number of aryl methyl sites for hydroxylation is 1. The van der Waals surface area contributed by atoms with Gasteiger partial charge in [0, 0.05) is 27.6 Å². The number of nitrogens with zero attached hydrogens (tertiary/aromatic N) is 2. The molecule has 1 N–H and O–H groups in total. The average molecular weight is 377 g/mol. The van der Waals surface area contributed by atoms with Gasteiger partial charge in [0.15, 0.2) is 0 Å². The number of anilines is 1.